The van der Waals surface area contributed by atoms with Gasteiger partial charge in [-0.3, -0.25) is 20.0 Å². The van der Waals surface area contributed by atoms with Crippen LogP contribution in [0.2, 0.25) is 0 Å². The molecule has 0 spiro atoms. The first-order valence-corrected chi connectivity index (χ1v) is 21.3. The maximum Gasteiger partial charge on any atom is 0.352 e. The SMILES string of the molecule is CC(C)(C)OC(=O)CCCCn1nccc1N.CCCCCC[n+]1cc[nH]c1N.CCCCCCn1ccnc1N=Nc1cnn(CCCCC(=O)OC(C)(C)C)c1N.[Cl-]. The standard InChI is InChI=1S/C21H35N7O2.C12H21N3O2.C9H17N3.ClH/c1-5-6-7-9-13-27-15-12-23-20(27)26-25-17-16-24-28(19(17)22)14-10-8-11-18(29)30-21(2,3)4;1-12(2,3)17-11(16)6-4-5-9-15-10(13)7-8-14-15;1-2-3-4-5-7-12-8-6-11-9(12)10;/h12,15-16H,5-11,13-14,22H2,1-4H3;7-8H,4-6,9,13H2,1-3H3;6,8H,2-5,7H2,1H3,(H2,10,11);1H. The van der Waals surface area contributed by atoms with Gasteiger partial charge in [0.15, 0.2) is 0 Å². The molecule has 4 aromatic heterocycles. The Labute approximate surface area is 363 Å². The molecule has 0 saturated carbocycles. The topological polar surface area (TPSA) is 229 Å². The summed E-state index contributed by atoms with van der Waals surface area (Å²) in [6.07, 6.45) is 24.6. The summed E-state index contributed by atoms with van der Waals surface area (Å²) in [5.41, 5.74) is 17.2. The third-order valence-corrected chi connectivity index (χ3v) is 8.69. The van der Waals surface area contributed by atoms with Crippen molar-refractivity contribution in [2.45, 2.75) is 183 Å². The van der Waals surface area contributed by atoms with Gasteiger partial charge in [-0.25, -0.2) is 19.2 Å². The van der Waals surface area contributed by atoms with Crippen LogP contribution < -0.4 is 34.2 Å². The molecule has 7 N–H and O–H groups in total. The lowest BCUT2D eigenvalue weighted by Crippen LogP contribution is -3.00. The molecule has 60 heavy (non-hydrogen) atoms. The molecule has 0 bridgehead atoms. The molecule has 18 heteroatoms. The van der Waals surface area contributed by atoms with E-state index in [9.17, 15) is 9.59 Å². The number of nitrogens with two attached hydrogens (primary N) is 3. The first kappa shape index (κ1) is 53.1. The molecule has 4 aromatic rings. The molecule has 4 heterocycles. The van der Waals surface area contributed by atoms with Crippen molar-refractivity contribution in [1.82, 2.24) is 34.1 Å². The van der Waals surface area contributed by atoms with Gasteiger partial charge in [0.2, 0.25) is 5.95 Å². The number of aryl methyl sites for hydroxylation is 4. The van der Waals surface area contributed by atoms with E-state index in [1.807, 2.05) is 64.7 Å². The zero-order valence-electron chi connectivity index (χ0n) is 37.5. The Bertz CT molecular complexity index is 1780. The number of ether oxygens (including phenoxy) is 2. The predicted molar refractivity (Wildman–Crippen MR) is 233 cm³/mol. The Balaban J connectivity index is 0.000000504. The largest absolute Gasteiger partial charge is 1.00 e. The van der Waals surface area contributed by atoms with Crippen molar-refractivity contribution < 1.29 is 36.0 Å². The molecule has 0 aliphatic rings. The molecule has 0 atom stereocenters. The molecule has 0 radical (unpaired) electrons. The summed E-state index contributed by atoms with van der Waals surface area (Å²) in [6, 6.07) is 1.76. The fourth-order valence-electron chi connectivity index (χ4n) is 5.68. The number of halogens is 1. The Morgan fingerprint density at radius 3 is 1.87 bits per heavy atom. The van der Waals surface area contributed by atoms with E-state index in [0.717, 1.165) is 51.3 Å². The van der Waals surface area contributed by atoms with E-state index in [1.165, 1.54) is 44.9 Å². The maximum atomic E-state index is 11.8. The van der Waals surface area contributed by atoms with Gasteiger partial charge in [-0.2, -0.15) is 10.2 Å². The van der Waals surface area contributed by atoms with E-state index in [2.05, 4.69) is 48.8 Å². The monoisotopic (exact) mass is 860 g/mol. The van der Waals surface area contributed by atoms with Gasteiger partial charge in [-0.1, -0.05) is 52.4 Å². The molecule has 0 amide bonds. The molecule has 0 aliphatic carbocycles. The van der Waals surface area contributed by atoms with Crippen LogP contribution in [0.3, 0.4) is 0 Å². The minimum Gasteiger partial charge on any atom is -1.00 e. The van der Waals surface area contributed by atoms with Crippen LogP contribution in [-0.2, 0) is 45.2 Å². The highest BCUT2D eigenvalue weighted by Crippen LogP contribution is 2.24. The number of azo groups is 1. The smallest absolute Gasteiger partial charge is 0.352 e. The molecule has 17 nitrogen and oxygen atoms in total. The Morgan fingerprint density at radius 2 is 1.33 bits per heavy atom. The van der Waals surface area contributed by atoms with Gasteiger partial charge < -0.3 is 37.9 Å². The number of hydrogen-bond donors (Lipinski definition) is 4. The minimum atomic E-state index is -0.451. The first-order valence-electron chi connectivity index (χ1n) is 21.3. The molecule has 0 unspecified atom stereocenters. The number of rotatable bonds is 22. The number of imidazole rings is 2. The van der Waals surface area contributed by atoms with Crippen LogP contribution in [0.25, 0.3) is 0 Å². The number of esters is 2. The lowest BCUT2D eigenvalue weighted by atomic mass is 10.2. The number of carbonyl (C=O) groups is 2. The lowest BCUT2D eigenvalue weighted by molar-refractivity contribution is -0.681. The van der Waals surface area contributed by atoms with Crippen LogP contribution in [0.1, 0.15) is 145 Å². The van der Waals surface area contributed by atoms with Crippen molar-refractivity contribution >= 4 is 41.2 Å². The van der Waals surface area contributed by atoms with Gasteiger partial charge in [0.25, 0.3) is 0 Å². The molecule has 0 saturated heterocycles. The van der Waals surface area contributed by atoms with Crippen molar-refractivity contribution in [1.29, 1.82) is 0 Å². The Hall–Kier alpha value is -4.93. The number of aromatic nitrogens is 8. The highest BCUT2D eigenvalue weighted by atomic mass is 35.5. The summed E-state index contributed by atoms with van der Waals surface area (Å²) in [6.45, 7) is 18.9. The van der Waals surface area contributed by atoms with E-state index in [4.69, 9.17) is 26.7 Å². The number of anilines is 3. The molecular weight excluding hydrogens is 786 g/mol. The van der Waals surface area contributed by atoms with Crippen molar-refractivity contribution in [3.05, 3.63) is 43.2 Å². The van der Waals surface area contributed by atoms with E-state index in [-0.39, 0.29) is 24.3 Å². The van der Waals surface area contributed by atoms with Crippen molar-refractivity contribution in [2.75, 3.05) is 17.2 Å². The van der Waals surface area contributed by atoms with Gasteiger partial charge in [-0.15, -0.1) is 10.2 Å². The molecule has 0 aliphatic heterocycles. The lowest BCUT2D eigenvalue weighted by Gasteiger charge is -2.19. The maximum absolute atomic E-state index is 11.8. The van der Waals surface area contributed by atoms with E-state index in [0.29, 0.717) is 49.1 Å². The molecule has 0 fully saturated rings. The number of H-pyrrole nitrogens is 1. The second-order valence-electron chi connectivity index (χ2n) is 16.5. The quantitative estimate of drug-likeness (QED) is 0.0330. The second kappa shape index (κ2) is 28.5. The number of carbonyl (C=O) groups excluding carboxylic acids is 2. The third kappa shape index (κ3) is 23.0. The summed E-state index contributed by atoms with van der Waals surface area (Å²) in [5, 5.41) is 16.8. The number of nitrogens with one attached hydrogen (secondary N) is 1. The zero-order chi connectivity index (χ0) is 43.7. The van der Waals surface area contributed by atoms with Gasteiger partial charge in [0, 0.05) is 44.9 Å². The van der Waals surface area contributed by atoms with Crippen molar-refractivity contribution in [3.8, 4) is 0 Å². The predicted octanol–water partition coefficient (Wildman–Crippen LogP) is 5.62. The summed E-state index contributed by atoms with van der Waals surface area (Å²) in [4.78, 5) is 30.4. The number of aromatic amines is 1. The second-order valence-corrected chi connectivity index (χ2v) is 16.5. The summed E-state index contributed by atoms with van der Waals surface area (Å²) < 4.78 is 18.0. The van der Waals surface area contributed by atoms with E-state index >= 15 is 0 Å². The Morgan fingerprint density at radius 1 is 0.750 bits per heavy atom. The van der Waals surface area contributed by atoms with Gasteiger partial charge in [0.05, 0.1) is 31.3 Å². The van der Waals surface area contributed by atoms with E-state index < -0.39 is 11.2 Å². The Kier molecular flexibility index (Phi) is 25.2. The van der Waals surface area contributed by atoms with Crippen LogP contribution in [0.15, 0.2) is 53.5 Å². The highest BCUT2D eigenvalue weighted by Gasteiger charge is 2.17. The summed E-state index contributed by atoms with van der Waals surface area (Å²) in [7, 11) is 0. The average Bonchev–Trinajstić information content (AvgIpc) is 3.96. The molecule has 4 rings (SSSR count). The fraction of sp³-hybridized carbons (Fsp3) is 0.667. The van der Waals surface area contributed by atoms with Crippen LogP contribution in [0.5, 0.6) is 0 Å². The summed E-state index contributed by atoms with van der Waals surface area (Å²) in [5.74, 6) is 2.10. The number of nitrogen functional groups attached to an aromatic ring is 3. The number of nitrogens with zero attached hydrogens (tertiary/aromatic N) is 9. The third-order valence-electron chi connectivity index (χ3n) is 8.69. The number of hydrogen-bond acceptors (Lipinski definition) is 12. The molecule has 338 valence electrons. The minimum absolute atomic E-state index is 0. The zero-order valence-corrected chi connectivity index (χ0v) is 38.3. The van der Waals surface area contributed by atoms with Gasteiger partial charge >= 0.3 is 17.9 Å². The number of unbranched alkanes of at least 4 members (excludes halogenated alkanes) is 8. The highest BCUT2D eigenvalue weighted by molar-refractivity contribution is 5.70. The average molecular weight is 861 g/mol. The fourth-order valence-corrected chi connectivity index (χ4v) is 5.68. The normalized spacial score (nSPS) is 11.3. The van der Waals surface area contributed by atoms with Gasteiger partial charge in [-0.05, 0) is 86.1 Å². The molecule has 0 aromatic carbocycles. The van der Waals surface area contributed by atoms with E-state index in [1.54, 1.807) is 34.0 Å². The van der Waals surface area contributed by atoms with Crippen LogP contribution in [-0.4, -0.2) is 57.2 Å². The molecular formula is C42H74ClN13O4. The van der Waals surface area contributed by atoms with Crippen LogP contribution in [0, 0.1) is 0 Å². The van der Waals surface area contributed by atoms with Crippen molar-refractivity contribution in [3.63, 3.8) is 0 Å². The van der Waals surface area contributed by atoms with Crippen molar-refractivity contribution in [2.24, 2.45) is 10.2 Å². The first-order chi connectivity index (χ1) is 28.0. The van der Waals surface area contributed by atoms with Gasteiger partial charge in [0.1, 0.15) is 28.5 Å². The summed E-state index contributed by atoms with van der Waals surface area (Å²) >= 11 is 0. The van der Waals surface area contributed by atoms with Crippen LogP contribution in [0.4, 0.5) is 29.2 Å². The van der Waals surface area contributed by atoms with Crippen LogP contribution >= 0.6 is 0 Å².